The molecule has 7 nitrogen and oxygen atoms in total. The van der Waals surface area contributed by atoms with Crippen molar-refractivity contribution in [1.82, 2.24) is 10.7 Å². The smallest absolute Gasteiger partial charge is 0.330 e. The Hall–Kier alpha value is -2.02. The van der Waals surface area contributed by atoms with Crippen LogP contribution in [0.25, 0.3) is 0 Å². The molecule has 0 saturated heterocycles. The van der Waals surface area contributed by atoms with Crippen LogP contribution in [0.15, 0.2) is 29.2 Å². The number of nitrogens with zero attached hydrogens (tertiary/aromatic N) is 2. The van der Waals surface area contributed by atoms with Gasteiger partial charge in [-0.1, -0.05) is 6.58 Å². The van der Waals surface area contributed by atoms with Crippen LogP contribution < -0.4 is 17.1 Å². The Morgan fingerprint density at radius 1 is 1.65 bits per heavy atom. The molecular formula is C10H17N5O2. The van der Waals surface area contributed by atoms with Gasteiger partial charge in [0.1, 0.15) is 0 Å². The summed E-state index contributed by atoms with van der Waals surface area (Å²) < 4.78 is 4.84. The number of esters is 1. The first-order valence-corrected chi connectivity index (χ1v) is 5.26. The molecule has 0 atom stereocenters. The maximum absolute atomic E-state index is 10.8. The van der Waals surface area contributed by atoms with Gasteiger partial charge < -0.3 is 10.5 Å². The second-order valence-corrected chi connectivity index (χ2v) is 3.46. The van der Waals surface area contributed by atoms with Crippen LogP contribution in [-0.4, -0.2) is 23.9 Å². The Morgan fingerprint density at radius 2 is 2.41 bits per heavy atom. The summed E-state index contributed by atoms with van der Waals surface area (Å²) in [5.74, 6) is 5.22. The van der Waals surface area contributed by atoms with E-state index in [1.54, 1.807) is 0 Å². The normalized spacial score (nSPS) is 14.5. The molecule has 7 heteroatoms. The molecule has 0 aromatic rings. The maximum atomic E-state index is 10.8. The summed E-state index contributed by atoms with van der Waals surface area (Å²) in [6.45, 7) is 3.67. The monoisotopic (exact) mass is 239 g/mol. The molecule has 0 aliphatic carbocycles. The molecule has 0 spiro atoms. The van der Waals surface area contributed by atoms with E-state index in [9.17, 15) is 4.79 Å². The van der Waals surface area contributed by atoms with Gasteiger partial charge in [0.15, 0.2) is 0 Å². The van der Waals surface area contributed by atoms with Crippen LogP contribution in [-0.2, 0) is 9.53 Å². The summed E-state index contributed by atoms with van der Waals surface area (Å²) in [6.07, 6.45) is 4.89. The van der Waals surface area contributed by atoms with E-state index in [1.165, 1.54) is 11.3 Å². The average Bonchev–Trinajstić information content (AvgIpc) is 2.31. The van der Waals surface area contributed by atoms with Crippen molar-refractivity contribution in [1.29, 1.82) is 0 Å². The lowest BCUT2D eigenvalue weighted by Gasteiger charge is -2.24. The second kappa shape index (κ2) is 6.54. The molecule has 17 heavy (non-hydrogen) atoms. The lowest BCUT2D eigenvalue weighted by Crippen LogP contribution is -2.43. The van der Waals surface area contributed by atoms with Gasteiger partial charge in [0.2, 0.25) is 0 Å². The van der Waals surface area contributed by atoms with Crippen molar-refractivity contribution in [3.05, 3.63) is 24.0 Å². The number of hydrazine groups is 2. The summed E-state index contributed by atoms with van der Waals surface area (Å²) in [4.78, 5) is 10.8. The van der Waals surface area contributed by atoms with Crippen LogP contribution in [0, 0.1) is 0 Å². The van der Waals surface area contributed by atoms with Gasteiger partial charge in [0, 0.05) is 6.08 Å². The van der Waals surface area contributed by atoms with Gasteiger partial charge >= 0.3 is 5.97 Å². The van der Waals surface area contributed by atoms with Crippen molar-refractivity contribution in [3.8, 4) is 0 Å². The molecule has 0 unspecified atom stereocenters. The zero-order chi connectivity index (χ0) is 12.7. The van der Waals surface area contributed by atoms with Crippen LogP contribution in [0.2, 0.25) is 0 Å². The SMILES string of the molecule is C=CC(=O)OCCCCC1=C(N)C=NNN1N. The Labute approximate surface area is 99.7 Å². The number of unbranched alkanes of at least 4 members (excludes halogenated alkanes) is 1. The molecule has 0 saturated carbocycles. The van der Waals surface area contributed by atoms with Gasteiger partial charge in [-0.3, -0.25) is 0 Å². The van der Waals surface area contributed by atoms with Gasteiger partial charge in [-0.25, -0.2) is 21.3 Å². The molecule has 0 aromatic heterocycles. The largest absolute Gasteiger partial charge is 0.463 e. The molecule has 1 aliphatic heterocycles. The molecule has 5 N–H and O–H groups in total. The molecule has 0 aromatic carbocycles. The number of carbonyl (C=O) groups excluding carboxylic acids is 1. The summed E-state index contributed by atoms with van der Waals surface area (Å²) in [5.41, 5.74) is 9.61. The van der Waals surface area contributed by atoms with E-state index in [4.69, 9.17) is 16.3 Å². The standard InChI is InChI=1S/C10H17N5O2/c1-2-10(16)17-6-4-3-5-9-8(11)7-13-14-15(9)12/h2,7,14H,1,3-6,11-12H2. The van der Waals surface area contributed by atoms with Crippen molar-refractivity contribution in [2.45, 2.75) is 19.3 Å². The van der Waals surface area contributed by atoms with E-state index in [0.29, 0.717) is 18.7 Å². The predicted octanol–water partition coefficient (Wildman–Crippen LogP) is -0.264. The summed E-state index contributed by atoms with van der Waals surface area (Å²) in [7, 11) is 0. The number of carbonyl (C=O) groups is 1. The van der Waals surface area contributed by atoms with Crippen molar-refractivity contribution < 1.29 is 9.53 Å². The third kappa shape index (κ3) is 4.15. The van der Waals surface area contributed by atoms with Gasteiger partial charge in [0.25, 0.3) is 0 Å². The number of rotatable bonds is 6. The Balaban J connectivity index is 2.24. The lowest BCUT2D eigenvalue weighted by atomic mass is 10.1. The van der Waals surface area contributed by atoms with Gasteiger partial charge in [-0.2, -0.15) is 5.10 Å². The summed E-state index contributed by atoms with van der Waals surface area (Å²) in [5, 5.41) is 5.01. The fourth-order valence-corrected chi connectivity index (χ4v) is 1.33. The number of hydrogen-bond acceptors (Lipinski definition) is 7. The molecule has 1 rings (SSSR count). The molecule has 94 valence electrons. The number of hydrogen-bond donors (Lipinski definition) is 3. The van der Waals surface area contributed by atoms with Crippen LogP contribution in [0.4, 0.5) is 0 Å². The number of allylic oxidation sites excluding steroid dienone is 2. The van der Waals surface area contributed by atoms with Crippen LogP contribution in [0.5, 0.6) is 0 Å². The lowest BCUT2D eigenvalue weighted by molar-refractivity contribution is -0.137. The van der Waals surface area contributed by atoms with Crippen LogP contribution in [0.3, 0.4) is 0 Å². The number of ether oxygens (including phenoxy) is 1. The first-order chi connectivity index (χ1) is 8.15. The highest BCUT2D eigenvalue weighted by atomic mass is 16.5. The van der Waals surface area contributed by atoms with Gasteiger partial charge in [0.05, 0.1) is 24.2 Å². The molecule has 0 fully saturated rings. The van der Waals surface area contributed by atoms with E-state index >= 15 is 0 Å². The Kier molecular flexibility index (Phi) is 5.02. The minimum atomic E-state index is -0.407. The zero-order valence-electron chi connectivity index (χ0n) is 9.56. The third-order valence-corrected chi connectivity index (χ3v) is 2.21. The summed E-state index contributed by atoms with van der Waals surface area (Å²) >= 11 is 0. The van der Waals surface area contributed by atoms with Gasteiger partial charge in [-0.05, 0) is 19.3 Å². The highest BCUT2D eigenvalue weighted by Crippen LogP contribution is 2.12. The molecule has 0 radical (unpaired) electrons. The number of nitrogens with two attached hydrogens (primary N) is 2. The van der Waals surface area contributed by atoms with Crippen molar-refractivity contribution in [3.63, 3.8) is 0 Å². The number of nitrogens with one attached hydrogen (secondary N) is 1. The minimum absolute atomic E-state index is 0.365. The highest BCUT2D eigenvalue weighted by Gasteiger charge is 2.11. The molecule has 1 aliphatic rings. The fraction of sp³-hybridized carbons (Fsp3) is 0.400. The Bertz CT molecular complexity index is 351. The molecule has 1 heterocycles. The van der Waals surface area contributed by atoms with E-state index < -0.39 is 5.97 Å². The quantitative estimate of drug-likeness (QED) is 0.255. The van der Waals surface area contributed by atoms with E-state index in [0.717, 1.165) is 24.6 Å². The average molecular weight is 239 g/mol. The molecule has 0 amide bonds. The zero-order valence-corrected chi connectivity index (χ0v) is 9.56. The molecule has 0 bridgehead atoms. The Morgan fingerprint density at radius 3 is 3.06 bits per heavy atom. The van der Waals surface area contributed by atoms with E-state index in [-0.39, 0.29) is 0 Å². The van der Waals surface area contributed by atoms with Crippen LogP contribution in [0.1, 0.15) is 19.3 Å². The number of hydrazone groups is 1. The van der Waals surface area contributed by atoms with E-state index in [2.05, 4.69) is 17.2 Å². The van der Waals surface area contributed by atoms with Crippen molar-refractivity contribution >= 4 is 12.2 Å². The van der Waals surface area contributed by atoms with Crippen molar-refractivity contribution in [2.24, 2.45) is 16.7 Å². The minimum Gasteiger partial charge on any atom is -0.463 e. The topological polar surface area (TPSA) is 106 Å². The maximum Gasteiger partial charge on any atom is 0.330 e. The summed E-state index contributed by atoms with van der Waals surface area (Å²) in [6, 6.07) is 0. The first kappa shape index (κ1) is 13.0. The first-order valence-electron chi connectivity index (χ1n) is 5.26. The van der Waals surface area contributed by atoms with E-state index in [1.807, 2.05) is 0 Å². The fourth-order valence-electron chi connectivity index (χ4n) is 1.33. The van der Waals surface area contributed by atoms with Crippen LogP contribution >= 0.6 is 0 Å². The highest BCUT2D eigenvalue weighted by molar-refractivity contribution is 5.81. The van der Waals surface area contributed by atoms with Crippen molar-refractivity contribution in [2.75, 3.05) is 6.61 Å². The molecular weight excluding hydrogens is 222 g/mol. The predicted molar refractivity (Wildman–Crippen MR) is 63.9 cm³/mol. The third-order valence-electron chi connectivity index (χ3n) is 2.21. The second-order valence-electron chi connectivity index (χ2n) is 3.46. The van der Waals surface area contributed by atoms with Gasteiger partial charge in [-0.15, -0.1) is 0 Å².